The lowest BCUT2D eigenvalue weighted by Crippen LogP contribution is -2.35. The molecule has 6 heteroatoms. The van der Waals surface area contributed by atoms with E-state index in [2.05, 4.69) is 5.32 Å². The van der Waals surface area contributed by atoms with E-state index in [0.29, 0.717) is 12.1 Å². The van der Waals surface area contributed by atoms with Crippen LogP contribution < -0.4 is 5.32 Å². The fraction of sp³-hybridized carbons (Fsp3) is 0.462. The number of alkyl halides is 3. The van der Waals surface area contributed by atoms with Gasteiger partial charge in [0.1, 0.15) is 5.82 Å². The largest absolute Gasteiger partial charge is 0.419 e. The van der Waals surface area contributed by atoms with Crippen LogP contribution in [0.5, 0.6) is 0 Å². The number of halogens is 4. The van der Waals surface area contributed by atoms with Gasteiger partial charge >= 0.3 is 6.18 Å². The molecule has 2 rings (SSSR count). The van der Waals surface area contributed by atoms with E-state index >= 15 is 0 Å². The Morgan fingerprint density at radius 3 is 2.47 bits per heavy atom. The number of carbonyl (C=O) groups is 1. The van der Waals surface area contributed by atoms with E-state index in [9.17, 15) is 22.4 Å². The van der Waals surface area contributed by atoms with Crippen LogP contribution in [-0.2, 0) is 11.0 Å². The normalized spacial score (nSPS) is 22.8. The predicted octanol–water partition coefficient (Wildman–Crippen LogP) is 3.83. The predicted molar refractivity (Wildman–Crippen MR) is 61.9 cm³/mol. The topological polar surface area (TPSA) is 29.1 Å². The summed E-state index contributed by atoms with van der Waals surface area (Å²) < 4.78 is 50.6. The van der Waals surface area contributed by atoms with Crippen molar-refractivity contribution in [3.63, 3.8) is 0 Å². The van der Waals surface area contributed by atoms with Crippen LogP contribution in [-0.4, -0.2) is 5.91 Å². The second-order valence-corrected chi connectivity index (χ2v) is 4.84. The summed E-state index contributed by atoms with van der Waals surface area (Å²) in [6.07, 6.45) is -3.09. The van der Waals surface area contributed by atoms with Gasteiger partial charge in [-0.3, -0.25) is 4.79 Å². The average Bonchev–Trinajstić information content (AvgIpc) is 2.28. The van der Waals surface area contributed by atoms with E-state index < -0.39 is 17.6 Å². The summed E-state index contributed by atoms with van der Waals surface area (Å²) in [5, 5.41) is 2.41. The van der Waals surface area contributed by atoms with Gasteiger partial charge in [0.05, 0.1) is 5.56 Å². The maximum atomic E-state index is 13.1. The molecule has 1 amide bonds. The summed E-state index contributed by atoms with van der Waals surface area (Å²) in [5.74, 6) is -1.58. The quantitative estimate of drug-likeness (QED) is 0.816. The van der Waals surface area contributed by atoms with E-state index in [1.54, 1.807) is 0 Å². The third kappa shape index (κ3) is 2.88. The third-order valence-corrected chi connectivity index (χ3v) is 3.50. The molecule has 1 aliphatic rings. The van der Waals surface area contributed by atoms with Crippen LogP contribution in [0.3, 0.4) is 0 Å². The average molecular weight is 275 g/mol. The molecule has 0 saturated heterocycles. The van der Waals surface area contributed by atoms with Crippen molar-refractivity contribution in [3.05, 3.63) is 29.6 Å². The third-order valence-electron chi connectivity index (χ3n) is 3.50. The molecule has 0 spiro atoms. The van der Waals surface area contributed by atoms with Crippen molar-refractivity contribution < 1.29 is 22.4 Å². The van der Waals surface area contributed by atoms with Crippen molar-refractivity contribution in [2.75, 3.05) is 5.32 Å². The fourth-order valence-corrected chi connectivity index (χ4v) is 2.11. The molecule has 104 valence electrons. The van der Waals surface area contributed by atoms with Crippen LogP contribution in [0, 0.1) is 17.7 Å². The molecular formula is C13H13F4NO. The molecule has 19 heavy (non-hydrogen) atoms. The first-order chi connectivity index (χ1) is 8.79. The Labute approximate surface area is 107 Å². The smallest absolute Gasteiger partial charge is 0.326 e. The second kappa shape index (κ2) is 4.83. The van der Waals surface area contributed by atoms with E-state index in [1.165, 1.54) is 0 Å². The number of benzene rings is 1. The lowest BCUT2D eigenvalue weighted by Gasteiger charge is -2.32. The minimum atomic E-state index is -4.77. The zero-order valence-corrected chi connectivity index (χ0v) is 10.2. The van der Waals surface area contributed by atoms with Gasteiger partial charge in [-0.05, 0) is 37.0 Å². The van der Waals surface area contributed by atoms with Crippen molar-refractivity contribution in [2.24, 2.45) is 11.8 Å². The molecule has 0 bridgehead atoms. The van der Waals surface area contributed by atoms with Crippen molar-refractivity contribution >= 4 is 11.6 Å². The Hall–Kier alpha value is -1.59. The van der Waals surface area contributed by atoms with Crippen LogP contribution in [0.25, 0.3) is 0 Å². The number of carbonyl (C=O) groups excluding carboxylic acids is 1. The molecule has 0 unspecified atom stereocenters. The molecule has 1 aromatic rings. The number of amides is 1. The number of nitrogens with one attached hydrogen (secondary N) is 1. The monoisotopic (exact) mass is 275 g/mol. The molecular weight excluding hydrogens is 262 g/mol. The van der Waals surface area contributed by atoms with Crippen LogP contribution in [0.4, 0.5) is 23.2 Å². The highest BCUT2D eigenvalue weighted by Gasteiger charge is 2.35. The SMILES string of the molecule is C[C@@H]1CC[C@@H]1C(=O)Nc1ccc(F)c(C(F)(F)F)c1. The second-order valence-electron chi connectivity index (χ2n) is 4.84. The molecule has 1 saturated carbocycles. The van der Waals surface area contributed by atoms with Gasteiger partial charge in [-0.15, -0.1) is 0 Å². The molecule has 0 aromatic heterocycles. The Kier molecular flexibility index (Phi) is 3.52. The summed E-state index contributed by atoms with van der Waals surface area (Å²) in [5.41, 5.74) is -1.40. The van der Waals surface area contributed by atoms with Crippen LogP contribution in [0.1, 0.15) is 25.3 Å². The molecule has 0 aliphatic heterocycles. The Bertz CT molecular complexity index is 498. The molecule has 2 atom stereocenters. The summed E-state index contributed by atoms with van der Waals surface area (Å²) in [4.78, 5) is 11.8. The highest BCUT2D eigenvalue weighted by Crippen LogP contribution is 2.36. The van der Waals surface area contributed by atoms with Crippen LogP contribution in [0.15, 0.2) is 18.2 Å². The lowest BCUT2D eigenvalue weighted by molar-refractivity contribution is -0.140. The number of rotatable bonds is 2. The first-order valence-electron chi connectivity index (χ1n) is 5.96. The summed E-state index contributed by atoms with van der Waals surface area (Å²) in [6, 6.07) is 2.46. The highest BCUT2D eigenvalue weighted by molar-refractivity contribution is 5.93. The van der Waals surface area contributed by atoms with Crippen molar-refractivity contribution in [1.82, 2.24) is 0 Å². The minimum absolute atomic E-state index is 0.0298. The van der Waals surface area contributed by atoms with Gasteiger partial charge in [0.2, 0.25) is 5.91 Å². The minimum Gasteiger partial charge on any atom is -0.326 e. The molecule has 2 nitrogen and oxygen atoms in total. The number of hydrogen-bond acceptors (Lipinski definition) is 1. The van der Waals surface area contributed by atoms with Gasteiger partial charge in [-0.1, -0.05) is 6.92 Å². The highest BCUT2D eigenvalue weighted by atomic mass is 19.4. The lowest BCUT2D eigenvalue weighted by atomic mass is 9.74. The molecule has 1 aliphatic carbocycles. The van der Waals surface area contributed by atoms with Crippen LogP contribution >= 0.6 is 0 Å². The van der Waals surface area contributed by atoms with E-state index in [1.807, 2.05) is 6.92 Å². The van der Waals surface area contributed by atoms with Gasteiger partial charge in [0, 0.05) is 11.6 Å². The molecule has 1 N–H and O–H groups in total. The summed E-state index contributed by atoms with van der Waals surface area (Å²) in [7, 11) is 0. The van der Waals surface area contributed by atoms with E-state index in [0.717, 1.165) is 18.9 Å². The van der Waals surface area contributed by atoms with Gasteiger partial charge in [0.25, 0.3) is 0 Å². The molecule has 1 aromatic carbocycles. The molecule has 0 radical (unpaired) electrons. The zero-order valence-electron chi connectivity index (χ0n) is 10.2. The van der Waals surface area contributed by atoms with E-state index in [-0.39, 0.29) is 23.4 Å². The van der Waals surface area contributed by atoms with Gasteiger partial charge < -0.3 is 5.32 Å². The fourth-order valence-electron chi connectivity index (χ4n) is 2.11. The van der Waals surface area contributed by atoms with Gasteiger partial charge in [0.15, 0.2) is 0 Å². The van der Waals surface area contributed by atoms with Crippen molar-refractivity contribution in [2.45, 2.75) is 25.9 Å². The maximum absolute atomic E-state index is 13.1. The summed E-state index contributed by atoms with van der Waals surface area (Å²) >= 11 is 0. The number of hydrogen-bond donors (Lipinski definition) is 1. The van der Waals surface area contributed by atoms with Gasteiger partial charge in [-0.25, -0.2) is 4.39 Å². The maximum Gasteiger partial charge on any atom is 0.419 e. The first kappa shape index (κ1) is 13.8. The van der Waals surface area contributed by atoms with Crippen molar-refractivity contribution in [3.8, 4) is 0 Å². The van der Waals surface area contributed by atoms with Gasteiger partial charge in [-0.2, -0.15) is 13.2 Å². The van der Waals surface area contributed by atoms with Crippen LogP contribution in [0.2, 0.25) is 0 Å². The summed E-state index contributed by atoms with van der Waals surface area (Å²) in [6.45, 7) is 1.92. The Morgan fingerprint density at radius 1 is 1.32 bits per heavy atom. The Balaban J connectivity index is 2.15. The van der Waals surface area contributed by atoms with Crippen molar-refractivity contribution in [1.29, 1.82) is 0 Å². The molecule has 1 fully saturated rings. The first-order valence-corrected chi connectivity index (χ1v) is 5.96. The van der Waals surface area contributed by atoms with E-state index in [4.69, 9.17) is 0 Å². The standard InChI is InChI=1S/C13H13F4NO/c1-7-2-4-9(7)12(19)18-8-3-5-11(14)10(6-8)13(15,16)17/h3,5-7,9H,2,4H2,1H3,(H,18,19)/t7-,9+/m1/s1. The molecule has 0 heterocycles. The number of anilines is 1. The Morgan fingerprint density at radius 2 is 2.00 bits per heavy atom. The zero-order chi connectivity index (χ0) is 14.2.